The zero-order chi connectivity index (χ0) is 16.2. The quantitative estimate of drug-likeness (QED) is 0.499. The van der Waals surface area contributed by atoms with Gasteiger partial charge in [-0.1, -0.05) is 27.7 Å². The van der Waals surface area contributed by atoms with E-state index < -0.39 is 16.6 Å². The van der Waals surface area contributed by atoms with Gasteiger partial charge in [-0.05, 0) is 58.4 Å². The van der Waals surface area contributed by atoms with E-state index >= 15 is 0 Å². The van der Waals surface area contributed by atoms with E-state index in [4.69, 9.17) is 8.85 Å². The molecule has 0 aromatic carbocycles. The normalized spacial score (nSPS) is 14.7. The summed E-state index contributed by atoms with van der Waals surface area (Å²) in [5, 5.41) is 0.179. The van der Waals surface area contributed by atoms with Crippen LogP contribution in [0.5, 0.6) is 0 Å². The maximum absolute atomic E-state index is 6.78. The molecule has 0 aromatic heterocycles. The SMILES string of the molecule is CCC(CC)(OC)C(CC)(CC)[Si](C)(C)O[Si](C)(C)C. The summed E-state index contributed by atoms with van der Waals surface area (Å²) < 4.78 is 12.9. The molecule has 0 aliphatic heterocycles. The molecule has 0 fully saturated rings. The van der Waals surface area contributed by atoms with Crippen LogP contribution in [0.4, 0.5) is 0 Å². The first kappa shape index (κ1) is 20.4. The summed E-state index contributed by atoms with van der Waals surface area (Å²) >= 11 is 0. The Kier molecular flexibility index (Phi) is 7.20. The summed E-state index contributed by atoms with van der Waals surface area (Å²) in [6.07, 6.45) is 4.41. The Morgan fingerprint density at radius 2 is 1.15 bits per heavy atom. The first-order chi connectivity index (χ1) is 9.01. The first-order valence-corrected chi connectivity index (χ1v) is 14.6. The van der Waals surface area contributed by atoms with Crippen molar-refractivity contribution >= 4 is 16.6 Å². The lowest BCUT2D eigenvalue weighted by atomic mass is 9.78. The molecule has 0 rings (SSSR count). The fourth-order valence-corrected chi connectivity index (χ4v) is 14.7. The Morgan fingerprint density at radius 3 is 1.35 bits per heavy atom. The maximum atomic E-state index is 6.78. The predicted octanol–water partition coefficient (Wildman–Crippen LogP) is 5.81. The van der Waals surface area contributed by atoms with Gasteiger partial charge in [0, 0.05) is 12.1 Å². The Hall–Kier alpha value is 0.354. The lowest BCUT2D eigenvalue weighted by Gasteiger charge is -2.57. The number of hydrogen-bond acceptors (Lipinski definition) is 2. The summed E-state index contributed by atoms with van der Waals surface area (Å²) in [4.78, 5) is 0. The third kappa shape index (κ3) is 3.57. The van der Waals surface area contributed by atoms with E-state index in [0.717, 1.165) is 25.7 Å². The molecule has 0 atom stereocenters. The van der Waals surface area contributed by atoms with Crippen LogP contribution in [0.25, 0.3) is 0 Å². The average molecular weight is 319 g/mol. The standard InChI is InChI=1S/C16H38O2Si2/c1-11-15(12-2,17-5)16(13-3,14-4)20(9,10)18-19(6,7)8/h11-14H2,1-10H3. The van der Waals surface area contributed by atoms with Gasteiger partial charge in [0.2, 0.25) is 0 Å². The van der Waals surface area contributed by atoms with E-state index in [0.29, 0.717) is 0 Å². The van der Waals surface area contributed by atoms with Crippen LogP contribution in [-0.2, 0) is 8.85 Å². The second-order valence-electron chi connectivity index (χ2n) is 7.42. The van der Waals surface area contributed by atoms with Gasteiger partial charge >= 0.3 is 0 Å². The van der Waals surface area contributed by atoms with Crippen molar-refractivity contribution in [1.82, 2.24) is 0 Å². The van der Waals surface area contributed by atoms with Gasteiger partial charge in [0.15, 0.2) is 16.6 Å². The van der Waals surface area contributed by atoms with Crippen molar-refractivity contribution in [1.29, 1.82) is 0 Å². The second kappa shape index (κ2) is 7.08. The van der Waals surface area contributed by atoms with Gasteiger partial charge in [0.1, 0.15) is 0 Å². The topological polar surface area (TPSA) is 18.5 Å². The van der Waals surface area contributed by atoms with Crippen molar-refractivity contribution in [3.63, 3.8) is 0 Å². The molecule has 0 saturated carbocycles. The molecule has 0 spiro atoms. The molecular formula is C16H38O2Si2. The minimum absolute atomic E-state index is 0.0497. The van der Waals surface area contributed by atoms with Crippen LogP contribution in [0.3, 0.4) is 0 Å². The summed E-state index contributed by atoms with van der Waals surface area (Å²) in [6.45, 7) is 20.9. The van der Waals surface area contributed by atoms with Crippen LogP contribution in [0.1, 0.15) is 53.4 Å². The summed E-state index contributed by atoms with van der Waals surface area (Å²) in [5.41, 5.74) is -0.0497. The van der Waals surface area contributed by atoms with Crippen LogP contribution in [0.15, 0.2) is 0 Å². The summed E-state index contributed by atoms with van der Waals surface area (Å²) in [5.74, 6) is 0. The molecule has 0 N–H and O–H groups in total. The predicted molar refractivity (Wildman–Crippen MR) is 95.5 cm³/mol. The molecule has 0 unspecified atom stereocenters. The van der Waals surface area contributed by atoms with E-state index in [-0.39, 0.29) is 10.6 Å². The van der Waals surface area contributed by atoms with Crippen molar-refractivity contribution in [2.24, 2.45) is 0 Å². The molecule has 0 aliphatic rings. The van der Waals surface area contributed by atoms with Crippen molar-refractivity contribution in [2.45, 2.75) is 96.8 Å². The van der Waals surface area contributed by atoms with Crippen LogP contribution in [0, 0.1) is 0 Å². The van der Waals surface area contributed by atoms with E-state index in [2.05, 4.69) is 60.4 Å². The van der Waals surface area contributed by atoms with Gasteiger partial charge in [0.05, 0.1) is 5.60 Å². The average Bonchev–Trinajstić information content (AvgIpc) is 2.33. The zero-order valence-electron chi connectivity index (χ0n) is 15.6. The Bertz CT molecular complexity index is 279. The van der Waals surface area contributed by atoms with Crippen LogP contribution >= 0.6 is 0 Å². The molecule has 4 heteroatoms. The minimum atomic E-state index is -1.88. The van der Waals surface area contributed by atoms with Gasteiger partial charge in [-0.25, -0.2) is 0 Å². The smallest absolute Gasteiger partial charge is 0.182 e. The van der Waals surface area contributed by atoms with E-state index in [9.17, 15) is 0 Å². The largest absolute Gasteiger partial charge is 0.455 e. The Balaban J connectivity index is 5.93. The van der Waals surface area contributed by atoms with Crippen LogP contribution < -0.4 is 0 Å². The van der Waals surface area contributed by atoms with Crippen molar-refractivity contribution in [2.75, 3.05) is 7.11 Å². The van der Waals surface area contributed by atoms with Gasteiger partial charge in [-0.15, -0.1) is 0 Å². The monoisotopic (exact) mass is 318 g/mol. The molecule has 0 aliphatic carbocycles. The van der Waals surface area contributed by atoms with Gasteiger partial charge in [-0.3, -0.25) is 0 Å². The highest BCUT2D eigenvalue weighted by Gasteiger charge is 2.59. The number of rotatable bonds is 9. The highest BCUT2D eigenvalue weighted by atomic mass is 28.4. The van der Waals surface area contributed by atoms with Gasteiger partial charge < -0.3 is 8.85 Å². The van der Waals surface area contributed by atoms with Crippen LogP contribution in [0.2, 0.25) is 37.8 Å². The molecule has 0 amide bonds. The fourth-order valence-electron chi connectivity index (χ4n) is 4.57. The molecule has 0 aromatic rings. The lowest BCUT2D eigenvalue weighted by Crippen LogP contribution is -2.61. The first-order valence-electron chi connectivity index (χ1n) is 8.26. The molecule has 0 saturated heterocycles. The summed E-state index contributed by atoms with van der Waals surface area (Å²) in [6, 6.07) is 0. The highest BCUT2D eigenvalue weighted by Crippen LogP contribution is 2.58. The molecule has 0 radical (unpaired) electrons. The Labute approximate surface area is 129 Å². The molecule has 0 heterocycles. The second-order valence-corrected chi connectivity index (χ2v) is 16.4. The van der Waals surface area contributed by atoms with Crippen LogP contribution in [-0.4, -0.2) is 29.3 Å². The van der Waals surface area contributed by atoms with Crippen molar-refractivity contribution in [3.05, 3.63) is 0 Å². The summed E-state index contributed by atoms with van der Waals surface area (Å²) in [7, 11) is -1.53. The fraction of sp³-hybridized carbons (Fsp3) is 1.00. The van der Waals surface area contributed by atoms with Crippen molar-refractivity contribution < 1.29 is 8.85 Å². The zero-order valence-corrected chi connectivity index (χ0v) is 17.6. The third-order valence-electron chi connectivity index (χ3n) is 5.33. The van der Waals surface area contributed by atoms with E-state index in [1.165, 1.54) is 0 Å². The number of hydrogen-bond donors (Lipinski definition) is 0. The number of ether oxygens (including phenoxy) is 1. The molecule has 0 bridgehead atoms. The highest BCUT2D eigenvalue weighted by molar-refractivity contribution is 6.86. The van der Waals surface area contributed by atoms with E-state index in [1.54, 1.807) is 0 Å². The lowest BCUT2D eigenvalue weighted by molar-refractivity contribution is -0.0658. The molecule has 20 heavy (non-hydrogen) atoms. The molecule has 122 valence electrons. The van der Waals surface area contributed by atoms with Gasteiger partial charge in [-0.2, -0.15) is 0 Å². The molecular weight excluding hydrogens is 280 g/mol. The van der Waals surface area contributed by atoms with E-state index in [1.807, 2.05) is 7.11 Å². The van der Waals surface area contributed by atoms with Crippen molar-refractivity contribution in [3.8, 4) is 0 Å². The maximum Gasteiger partial charge on any atom is 0.182 e. The number of methoxy groups -OCH3 is 1. The third-order valence-corrected chi connectivity index (χ3v) is 13.3. The molecule has 2 nitrogen and oxygen atoms in total. The minimum Gasteiger partial charge on any atom is -0.455 e. The van der Waals surface area contributed by atoms with Gasteiger partial charge in [0.25, 0.3) is 0 Å². The Morgan fingerprint density at radius 1 is 0.750 bits per heavy atom.